The highest BCUT2D eigenvalue weighted by atomic mass is 16.6. The minimum atomic E-state index is -0.670. The van der Waals surface area contributed by atoms with Crippen molar-refractivity contribution in [3.05, 3.63) is 58.0 Å². The molecule has 3 N–H and O–H groups in total. The Kier molecular flexibility index (Phi) is 3.46. The van der Waals surface area contributed by atoms with Crippen LogP contribution in [0.25, 0.3) is 0 Å². The van der Waals surface area contributed by atoms with Gasteiger partial charge in [0.25, 0.3) is 5.91 Å². The van der Waals surface area contributed by atoms with Crippen LogP contribution in [0.3, 0.4) is 0 Å². The molecule has 0 saturated heterocycles. The van der Waals surface area contributed by atoms with Crippen molar-refractivity contribution in [2.45, 2.75) is 6.54 Å². The number of hydrogen-bond donors (Lipinski definition) is 2. The van der Waals surface area contributed by atoms with Crippen LogP contribution in [0.15, 0.2) is 41.0 Å². The van der Waals surface area contributed by atoms with Crippen molar-refractivity contribution >= 4 is 17.3 Å². The van der Waals surface area contributed by atoms with E-state index in [1.54, 1.807) is 12.1 Å². The van der Waals surface area contributed by atoms with Crippen molar-refractivity contribution in [3.8, 4) is 0 Å². The number of amides is 1. The highest BCUT2D eigenvalue weighted by molar-refractivity contribution is 6.00. The van der Waals surface area contributed by atoms with Gasteiger partial charge in [-0.3, -0.25) is 14.9 Å². The number of rotatable bonds is 4. The van der Waals surface area contributed by atoms with Crippen LogP contribution in [0.2, 0.25) is 0 Å². The molecule has 1 amide bonds. The van der Waals surface area contributed by atoms with Gasteiger partial charge >= 0.3 is 5.69 Å². The fraction of sp³-hybridized carbons (Fsp3) is 0.0833. The highest BCUT2D eigenvalue weighted by Gasteiger charge is 2.22. The van der Waals surface area contributed by atoms with E-state index >= 15 is 0 Å². The lowest BCUT2D eigenvalue weighted by Gasteiger charge is -2.05. The zero-order valence-electron chi connectivity index (χ0n) is 9.83. The van der Waals surface area contributed by atoms with Crippen molar-refractivity contribution in [3.63, 3.8) is 0 Å². The number of anilines is 1. The molecule has 0 atom stereocenters. The van der Waals surface area contributed by atoms with Crippen molar-refractivity contribution in [1.82, 2.24) is 5.32 Å². The Labute approximate surface area is 108 Å². The Balaban J connectivity index is 2.19. The van der Waals surface area contributed by atoms with E-state index in [9.17, 15) is 14.9 Å². The lowest BCUT2D eigenvalue weighted by atomic mass is 10.1. The van der Waals surface area contributed by atoms with Gasteiger partial charge < -0.3 is 15.5 Å². The van der Waals surface area contributed by atoms with Gasteiger partial charge in [-0.15, -0.1) is 0 Å². The Morgan fingerprint density at radius 3 is 2.79 bits per heavy atom. The summed E-state index contributed by atoms with van der Waals surface area (Å²) in [5.41, 5.74) is 5.00. The molecule has 2 rings (SSSR count). The number of furan rings is 1. The average molecular weight is 261 g/mol. The summed E-state index contributed by atoms with van der Waals surface area (Å²) < 4.78 is 5.05. The molecule has 1 aromatic carbocycles. The van der Waals surface area contributed by atoms with E-state index in [1.165, 1.54) is 24.5 Å². The second kappa shape index (κ2) is 5.21. The summed E-state index contributed by atoms with van der Waals surface area (Å²) in [6.07, 6.45) is 1.48. The van der Waals surface area contributed by atoms with Crippen molar-refractivity contribution < 1.29 is 14.1 Å². The maximum absolute atomic E-state index is 11.9. The first kappa shape index (κ1) is 12.6. The molecule has 1 aromatic heterocycles. The molecular formula is C12H11N3O4. The average Bonchev–Trinajstić information content (AvgIpc) is 2.88. The summed E-state index contributed by atoms with van der Waals surface area (Å²) >= 11 is 0. The fourth-order valence-electron chi connectivity index (χ4n) is 1.62. The second-order valence-corrected chi connectivity index (χ2v) is 3.76. The van der Waals surface area contributed by atoms with Gasteiger partial charge in [0, 0.05) is 0 Å². The molecule has 0 fully saturated rings. The predicted molar refractivity (Wildman–Crippen MR) is 67.4 cm³/mol. The molecule has 0 saturated carbocycles. The quantitative estimate of drug-likeness (QED) is 0.494. The van der Waals surface area contributed by atoms with Gasteiger partial charge in [0.05, 0.1) is 17.7 Å². The molecule has 7 heteroatoms. The number of nitrogen functional groups attached to an aromatic ring is 1. The number of nitro benzene ring substituents is 1. The summed E-state index contributed by atoms with van der Waals surface area (Å²) in [5, 5.41) is 13.4. The summed E-state index contributed by atoms with van der Waals surface area (Å²) in [6, 6.07) is 7.59. The van der Waals surface area contributed by atoms with E-state index in [4.69, 9.17) is 10.2 Å². The van der Waals surface area contributed by atoms with Gasteiger partial charge in [-0.25, -0.2) is 0 Å². The number of carbonyl (C=O) groups excluding carboxylic acids is 1. The minimum Gasteiger partial charge on any atom is -0.467 e. The van der Waals surface area contributed by atoms with Crippen molar-refractivity contribution in [2.75, 3.05) is 5.73 Å². The Hall–Kier alpha value is -2.83. The molecule has 0 aliphatic rings. The van der Waals surface area contributed by atoms with Gasteiger partial charge in [-0.2, -0.15) is 0 Å². The summed E-state index contributed by atoms with van der Waals surface area (Å²) in [4.78, 5) is 22.1. The van der Waals surface area contributed by atoms with Gasteiger partial charge in [0.15, 0.2) is 0 Å². The molecule has 2 aromatic rings. The number of nitrogens with one attached hydrogen (secondary N) is 1. The first-order chi connectivity index (χ1) is 9.09. The lowest BCUT2D eigenvalue weighted by molar-refractivity contribution is -0.384. The summed E-state index contributed by atoms with van der Waals surface area (Å²) in [7, 11) is 0. The smallest absolute Gasteiger partial charge is 0.304 e. The Morgan fingerprint density at radius 2 is 2.16 bits per heavy atom. The summed E-state index contributed by atoms with van der Waals surface area (Å²) in [6.45, 7) is 0.151. The maximum atomic E-state index is 11.9. The molecule has 0 spiro atoms. The van der Waals surface area contributed by atoms with Crippen LogP contribution in [0.5, 0.6) is 0 Å². The Bertz CT molecular complexity index is 607. The third kappa shape index (κ3) is 2.71. The zero-order valence-corrected chi connectivity index (χ0v) is 9.83. The van der Waals surface area contributed by atoms with Crippen molar-refractivity contribution in [2.24, 2.45) is 0 Å². The number of hydrogen-bond acceptors (Lipinski definition) is 5. The van der Waals surface area contributed by atoms with Crippen LogP contribution in [-0.4, -0.2) is 10.8 Å². The maximum Gasteiger partial charge on any atom is 0.304 e. The third-order valence-electron chi connectivity index (χ3n) is 2.50. The van der Waals surface area contributed by atoms with Crippen LogP contribution in [0.1, 0.15) is 16.1 Å². The van der Waals surface area contributed by atoms with E-state index in [2.05, 4.69) is 5.32 Å². The van der Waals surface area contributed by atoms with Gasteiger partial charge in [-0.1, -0.05) is 6.07 Å². The molecule has 0 bridgehead atoms. The standard InChI is InChI=1S/C12H11N3O4/c13-10-5-1-4-9(11(10)15(17)18)12(16)14-7-8-3-2-6-19-8/h1-6H,7,13H2,(H,14,16). The van der Waals surface area contributed by atoms with E-state index in [0.29, 0.717) is 5.76 Å². The fourth-order valence-corrected chi connectivity index (χ4v) is 1.62. The zero-order chi connectivity index (χ0) is 13.8. The Morgan fingerprint density at radius 1 is 1.37 bits per heavy atom. The number of para-hydroxylation sites is 1. The van der Waals surface area contributed by atoms with Crippen molar-refractivity contribution in [1.29, 1.82) is 0 Å². The second-order valence-electron chi connectivity index (χ2n) is 3.76. The number of nitrogens with two attached hydrogens (primary N) is 1. The predicted octanol–water partition coefficient (Wildman–Crippen LogP) is 1.70. The largest absolute Gasteiger partial charge is 0.467 e. The van der Waals surface area contributed by atoms with E-state index in [-0.39, 0.29) is 23.5 Å². The highest BCUT2D eigenvalue weighted by Crippen LogP contribution is 2.25. The minimum absolute atomic E-state index is 0.0457. The molecule has 98 valence electrons. The molecule has 7 nitrogen and oxygen atoms in total. The first-order valence-electron chi connectivity index (χ1n) is 5.43. The number of benzene rings is 1. The third-order valence-corrected chi connectivity index (χ3v) is 2.50. The topological polar surface area (TPSA) is 111 Å². The lowest BCUT2D eigenvalue weighted by Crippen LogP contribution is -2.23. The van der Waals surface area contributed by atoms with Crippen LogP contribution in [0, 0.1) is 10.1 Å². The van der Waals surface area contributed by atoms with Gasteiger partial charge in [0.1, 0.15) is 17.0 Å². The van der Waals surface area contributed by atoms with Crippen LogP contribution in [-0.2, 0) is 6.54 Å². The van der Waals surface area contributed by atoms with E-state index in [0.717, 1.165) is 0 Å². The first-order valence-corrected chi connectivity index (χ1v) is 5.43. The van der Waals surface area contributed by atoms with E-state index in [1.807, 2.05) is 0 Å². The molecule has 0 unspecified atom stereocenters. The number of nitrogens with zero attached hydrogens (tertiary/aromatic N) is 1. The molecular weight excluding hydrogens is 250 g/mol. The van der Waals surface area contributed by atoms with Crippen LogP contribution >= 0.6 is 0 Å². The molecule has 19 heavy (non-hydrogen) atoms. The van der Waals surface area contributed by atoms with Crippen LogP contribution in [0.4, 0.5) is 11.4 Å². The van der Waals surface area contributed by atoms with Gasteiger partial charge in [-0.05, 0) is 24.3 Å². The monoisotopic (exact) mass is 261 g/mol. The summed E-state index contributed by atoms with van der Waals surface area (Å²) in [5.74, 6) is -0.0182. The normalized spacial score (nSPS) is 10.1. The van der Waals surface area contributed by atoms with Crippen LogP contribution < -0.4 is 11.1 Å². The SMILES string of the molecule is Nc1cccc(C(=O)NCc2ccco2)c1[N+](=O)[O-]. The molecule has 0 aliphatic heterocycles. The molecule has 0 aliphatic carbocycles. The molecule has 0 radical (unpaired) electrons. The van der Waals surface area contributed by atoms with E-state index < -0.39 is 10.8 Å². The number of carbonyl (C=O) groups is 1. The number of nitro groups is 1. The van der Waals surface area contributed by atoms with Gasteiger partial charge in [0.2, 0.25) is 0 Å². The molecule has 1 heterocycles.